The van der Waals surface area contributed by atoms with Gasteiger partial charge >= 0.3 is 0 Å². The van der Waals surface area contributed by atoms with Crippen LogP contribution in [0.1, 0.15) is 39.4 Å². The molecule has 0 saturated heterocycles. The predicted octanol–water partition coefficient (Wildman–Crippen LogP) is 4.32. The van der Waals surface area contributed by atoms with Crippen LogP contribution in [0.5, 0.6) is 0 Å². The summed E-state index contributed by atoms with van der Waals surface area (Å²) in [5.74, 6) is 1.33. The molecule has 2 aromatic heterocycles. The lowest BCUT2D eigenvalue weighted by Crippen LogP contribution is -2.26. The number of nitrogens with one attached hydrogen (secondary N) is 1. The molecule has 0 unspecified atom stereocenters. The number of carbonyl (C=O) groups excluding carboxylic acids is 1. The van der Waals surface area contributed by atoms with Crippen LogP contribution in [0.4, 0.5) is 0 Å². The van der Waals surface area contributed by atoms with Crippen molar-refractivity contribution in [1.82, 2.24) is 15.5 Å². The minimum atomic E-state index is -0.123. The molecule has 0 atom stereocenters. The van der Waals surface area contributed by atoms with Gasteiger partial charge in [0.25, 0.3) is 5.91 Å². The molecule has 2 heterocycles. The first-order chi connectivity index (χ1) is 14.1. The Morgan fingerprint density at radius 3 is 2.76 bits per heavy atom. The largest absolute Gasteiger partial charge is 0.377 e. The van der Waals surface area contributed by atoms with E-state index in [0.29, 0.717) is 36.1 Å². The summed E-state index contributed by atoms with van der Waals surface area (Å²) in [6.45, 7) is 5.53. The minimum Gasteiger partial charge on any atom is -0.377 e. The normalized spacial score (nSPS) is 10.8. The van der Waals surface area contributed by atoms with Crippen LogP contribution in [0.2, 0.25) is 0 Å². The van der Waals surface area contributed by atoms with Gasteiger partial charge in [0.15, 0.2) is 0 Å². The van der Waals surface area contributed by atoms with Crippen molar-refractivity contribution in [3.63, 3.8) is 0 Å². The third kappa shape index (κ3) is 6.17. The number of thioether (sulfide) groups is 1. The van der Waals surface area contributed by atoms with E-state index in [4.69, 9.17) is 9.26 Å². The van der Waals surface area contributed by atoms with E-state index in [2.05, 4.69) is 15.5 Å². The Balaban J connectivity index is 1.44. The summed E-state index contributed by atoms with van der Waals surface area (Å²) < 4.78 is 10.9. The van der Waals surface area contributed by atoms with E-state index in [1.165, 1.54) is 11.8 Å². The van der Waals surface area contributed by atoms with Gasteiger partial charge in [0, 0.05) is 30.7 Å². The third-order valence-electron chi connectivity index (χ3n) is 4.41. The molecule has 29 heavy (non-hydrogen) atoms. The zero-order valence-electron chi connectivity index (χ0n) is 16.7. The Labute approximate surface area is 175 Å². The summed E-state index contributed by atoms with van der Waals surface area (Å²) in [6, 6.07) is 13.6. The molecule has 6 nitrogen and oxygen atoms in total. The number of rotatable bonds is 10. The molecule has 152 valence electrons. The first kappa shape index (κ1) is 21.1. The van der Waals surface area contributed by atoms with E-state index < -0.39 is 0 Å². The number of carbonyl (C=O) groups is 1. The van der Waals surface area contributed by atoms with E-state index >= 15 is 0 Å². The minimum absolute atomic E-state index is 0.123. The zero-order chi connectivity index (χ0) is 20.5. The highest BCUT2D eigenvalue weighted by Gasteiger charge is 2.15. The van der Waals surface area contributed by atoms with Gasteiger partial charge in [0.05, 0.1) is 17.9 Å². The van der Waals surface area contributed by atoms with Crippen molar-refractivity contribution in [3.05, 3.63) is 76.8 Å². The zero-order valence-corrected chi connectivity index (χ0v) is 17.5. The van der Waals surface area contributed by atoms with Gasteiger partial charge in [-0.3, -0.25) is 4.79 Å². The monoisotopic (exact) mass is 411 g/mol. The Bertz CT molecular complexity index is 909. The van der Waals surface area contributed by atoms with Gasteiger partial charge in [0.2, 0.25) is 0 Å². The molecular formula is C22H25N3O3S. The summed E-state index contributed by atoms with van der Waals surface area (Å²) in [5, 5.41) is 7.62. The molecule has 0 aliphatic rings. The molecule has 3 rings (SSSR count). The number of nitrogens with zero attached hydrogens (tertiary/aromatic N) is 2. The van der Waals surface area contributed by atoms with Gasteiger partial charge in [-0.2, -0.15) is 0 Å². The van der Waals surface area contributed by atoms with Crippen molar-refractivity contribution >= 4 is 17.7 Å². The molecule has 0 radical (unpaired) electrons. The Kier molecular flexibility index (Phi) is 7.84. The maximum Gasteiger partial charge on any atom is 0.254 e. The molecule has 0 spiro atoms. The smallest absolute Gasteiger partial charge is 0.254 e. The summed E-state index contributed by atoms with van der Waals surface area (Å²) in [7, 11) is 0. The standard InChI is InChI=1S/C22H25N3O3S/c1-16-20(17(2)28-25-16)15-29-22-19(10-6-11-24-22)21(26)23-12-7-13-27-14-18-8-4-3-5-9-18/h3-6,8-11H,7,12-15H2,1-2H3,(H,23,26). The van der Waals surface area contributed by atoms with E-state index in [1.807, 2.05) is 44.2 Å². The van der Waals surface area contributed by atoms with Crippen LogP contribution in [0.3, 0.4) is 0 Å². The lowest BCUT2D eigenvalue weighted by atomic mass is 10.2. The van der Waals surface area contributed by atoms with Crippen LogP contribution in [0, 0.1) is 13.8 Å². The average Bonchev–Trinajstić information content (AvgIpc) is 3.07. The number of hydrogen-bond donors (Lipinski definition) is 1. The second-order valence-corrected chi connectivity index (χ2v) is 7.56. The maximum atomic E-state index is 12.6. The Hall–Kier alpha value is -2.64. The van der Waals surface area contributed by atoms with Gasteiger partial charge in [-0.1, -0.05) is 35.5 Å². The Morgan fingerprint density at radius 1 is 1.17 bits per heavy atom. The van der Waals surface area contributed by atoms with Gasteiger partial charge in [-0.15, -0.1) is 11.8 Å². The molecule has 0 saturated carbocycles. The van der Waals surface area contributed by atoms with Crippen molar-refractivity contribution in [3.8, 4) is 0 Å². The highest BCUT2D eigenvalue weighted by Crippen LogP contribution is 2.27. The van der Waals surface area contributed by atoms with Crippen molar-refractivity contribution < 1.29 is 14.1 Å². The second-order valence-electron chi connectivity index (χ2n) is 6.60. The highest BCUT2D eigenvalue weighted by molar-refractivity contribution is 7.98. The molecule has 1 N–H and O–H groups in total. The van der Waals surface area contributed by atoms with Crippen LogP contribution >= 0.6 is 11.8 Å². The van der Waals surface area contributed by atoms with Gasteiger partial charge < -0.3 is 14.6 Å². The highest BCUT2D eigenvalue weighted by atomic mass is 32.2. The topological polar surface area (TPSA) is 77.2 Å². The number of ether oxygens (including phenoxy) is 1. The number of benzene rings is 1. The molecular weight excluding hydrogens is 386 g/mol. The van der Waals surface area contributed by atoms with Crippen LogP contribution < -0.4 is 5.32 Å². The molecule has 3 aromatic rings. The lowest BCUT2D eigenvalue weighted by molar-refractivity contribution is 0.0931. The van der Waals surface area contributed by atoms with Crippen molar-refractivity contribution in [2.75, 3.05) is 13.2 Å². The molecule has 1 aromatic carbocycles. The quantitative estimate of drug-likeness (QED) is 0.396. The molecule has 0 aliphatic heterocycles. The SMILES string of the molecule is Cc1noc(C)c1CSc1ncccc1C(=O)NCCCOCc1ccccc1. The summed E-state index contributed by atoms with van der Waals surface area (Å²) in [5.41, 5.74) is 3.64. The number of hydrogen-bond acceptors (Lipinski definition) is 6. The number of pyridine rings is 1. The number of amides is 1. The van der Waals surface area contributed by atoms with E-state index in [9.17, 15) is 4.79 Å². The fourth-order valence-electron chi connectivity index (χ4n) is 2.76. The molecule has 7 heteroatoms. The average molecular weight is 412 g/mol. The molecule has 0 bridgehead atoms. The van der Waals surface area contributed by atoms with Gasteiger partial charge in [0.1, 0.15) is 10.8 Å². The van der Waals surface area contributed by atoms with Crippen molar-refractivity contribution in [2.45, 2.75) is 37.7 Å². The third-order valence-corrected chi connectivity index (χ3v) is 5.44. The molecule has 0 aliphatic carbocycles. The fourth-order valence-corrected chi connectivity index (χ4v) is 3.91. The van der Waals surface area contributed by atoms with Gasteiger partial charge in [-0.05, 0) is 38.0 Å². The maximum absolute atomic E-state index is 12.6. The van der Waals surface area contributed by atoms with Crippen molar-refractivity contribution in [1.29, 1.82) is 0 Å². The van der Waals surface area contributed by atoms with E-state index in [0.717, 1.165) is 29.0 Å². The molecule has 1 amide bonds. The summed E-state index contributed by atoms with van der Waals surface area (Å²) in [6.07, 6.45) is 2.45. The van der Waals surface area contributed by atoms with Crippen LogP contribution in [-0.2, 0) is 17.1 Å². The van der Waals surface area contributed by atoms with Crippen LogP contribution in [-0.4, -0.2) is 29.2 Å². The predicted molar refractivity (Wildman–Crippen MR) is 113 cm³/mol. The number of aryl methyl sites for hydroxylation is 2. The first-order valence-corrected chi connectivity index (χ1v) is 10.5. The van der Waals surface area contributed by atoms with E-state index in [-0.39, 0.29) is 5.91 Å². The van der Waals surface area contributed by atoms with Crippen molar-refractivity contribution in [2.24, 2.45) is 0 Å². The van der Waals surface area contributed by atoms with Gasteiger partial charge in [-0.25, -0.2) is 4.98 Å². The summed E-state index contributed by atoms with van der Waals surface area (Å²) in [4.78, 5) is 17.0. The molecule has 0 fully saturated rings. The second kappa shape index (κ2) is 10.8. The van der Waals surface area contributed by atoms with E-state index in [1.54, 1.807) is 18.3 Å². The lowest BCUT2D eigenvalue weighted by Gasteiger charge is -2.09. The Morgan fingerprint density at radius 2 is 2.00 bits per heavy atom. The first-order valence-electron chi connectivity index (χ1n) is 9.54. The number of aromatic nitrogens is 2. The summed E-state index contributed by atoms with van der Waals surface area (Å²) >= 11 is 1.51. The van der Waals surface area contributed by atoms with Crippen LogP contribution in [0.15, 0.2) is 58.2 Å². The fraction of sp³-hybridized carbons (Fsp3) is 0.318. The van der Waals surface area contributed by atoms with Crippen LogP contribution in [0.25, 0.3) is 0 Å².